The maximum atomic E-state index is 13.5. The third-order valence-corrected chi connectivity index (χ3v) is 5.39. The van der Waals surface area contributed by atoms with E-state index in [0.29, 0.717) is 22.4 Å². The van der Waals surface area contributed by atoms with Gasteiger partial charge in [0.05, 0.1) is 10.2 Å². The van der Waals surface area contributed by atoms with Crippen LogP contribution >= 0.6 is 15.9 Å². The molecule has 0 aliphatic heterocycles. The van der Waals surface area contributed by atoms with Crippen LogP contribution in [-0.4, -0.2) is 20.4 Å². The average molecular weight is 453 g/mol. The van der Waals surface area contributed by atoms with Gasteiger partial charge in [-0.2, -0.15) is 0 Å². The summed E-state index contributed by atoms with van der Waals surface area (Å²) in [7, 11) is 1.91. The fourth-order valence-electron chi connectivity index (χ4n) is 3.38. The third kappa shape index (κ3) is 3.53. The van der Waals surface area contributed by atoms with Gasteiger partial charge in [0.15, 0.2) is 0 Å². The molecule has 0 aliphatic carbocycles. The molecule has 0 saturated carbocycles. The first-order valence-electron chi connectivity index (χ1n) is 9.14. The lowest BCUT2D eigenvalue weighted by atomic mass is 9.99. The molecule has 0 unspecified atom stereocenters. The summed E-state index contributed by atoms with van der Waals surface area (Å²) >= 11 is 3.53. The van der Waals surface area contributed by atoms with Gasteiger partial charge in [0.1, 0.15) is 17.3 Å². The molecule has 0 saturated heterocycles. The molecule has 5 nitrogen and oxygen atoms in total. The van der Waals surface area contributed by atoms with Gasteiger partial charge in [0.25, 0.3) is 0 Å². The first-order valence-corrected chi connectivity index (χ1v) is 9.94. The largest absolute Gasteiger partial charge is 0.328 e. The summed E-state index contributed by atoms with van der Waals surface area (Å²) in [5, 5.41) is 3.74. The van der Waals surface area contributed by atoms with Crippen molar-refractivity contribution in [2.45, 2.75) is 13.3 Å². The van der Waals surface area contributed by atoms with Crippen LogP contribution in [0.15, 0.2) is 59.3 Å². The molecule has 0 fully saturated rings. The quantitative estimate of drug-likeness (QED) is 0.441. The predicted octanol–water partition coefficient (Wildman–Crippen LogP) is 5.55. The van der Waals surface area contributed by atoms with E-state index < -0.39 is 0 Å². The van der Waals surface area contributed by atoms with Crippen molar-refractivity contribution in [3.05, 3.63) is 65.1 Å². The predicted molar refractivity (Wildman–Crippen MR) is 116 cm³/mol. The SMILES string of the molecule is CCC(=O)Nc1nc2c(cc1Br)c(-c1ccncc1)c(-c1ccc(F)cc1)n2C. The Kier molecular flexibility index (Phi) is 5.15. The second-order valence-electron chi connectivity index (χ2n) is 6.62. The van der Waals surface area contributed by atoms with Crippen molar-refractivity contribution < 1.29 is 9.18 Å². The zero-order chi connectivity index (χ0) is 20.5. The standard InChI is InChI=1S/C22H18BrFN4O/c1-3-18(29)26-21-17(23)12-16-19(13-8-10-25-11-9-13)20(28(2)22(16)27-21)14-4-6-15(24)7-5-14/h4-12H,3H2,1-2H3,(H,26,27,29). The number of aryl methyl sites for hydroxylation is 1. The minimum Gasteiger partial charge on any atom is -0.328 e. The van der Waals surface area contributed by atoms with E-state index in [0.717, 1.165) is 27.8 Å². The highest BCUT2D eigenvalue weighted by atomic mass is 79.9. The van der Waals surface area contributed by atoms with Crippen LogP contribution in [0.4, 0.5) is 10.2 Å². The van der Waals surface area contributed by atoms with Crippen molar-refractivity contribution in [1.29, 1.82) is 0 Å². The van der Waals surface area contributed by atoms with Crippen molar-refractivity contribution in [2.24, 2.45) is 7.05 Å². The Labute approximate surface area is 175 Å². The molecule has 0 atom stereocenters. The summed E-state index contributed by atoms with van der Waals surface area (Å²) in [6.45, 7) is 1.79. The number of nitrogens with zero attached hydrogens (tertiary/aromatic N) is 3. The van der Waals surface area contributed by atoms with Gasteiger partial charge in [-0.15, -0.1) is 0 Å². The van der Waals surface area contributed by atoms with E-state index in [1.54, 1.807) is 31.5 Å². The van der Waals surface area contributed by atoms with Gasteiger partial charge in [0, 0.05) is 36.8 Å². The van der Waals surface area contributed by atoms with E-state index in [9.17, 15) is 9.18 Å². The number of hydrogen-bond donors (Lipinski definition) is 1. The number of rotatable bonds is 4. The van der Waals surface area contributed by atoms with E-state index in [2.05, 4.69) is 26.2 Å². The van der Waals surface area contributed by atoms with E-state index in [4.69, 9.17) is 4.98 Å². The smallest absolute Gasteiger partial charge is 0.225 e. The molecule has 1 N–H and O–H groups in total. The molecule has 4 rings (SSSR count). The number of amides is 1. The van der Waals surface area contributed by atoms with E-state index in [1.807, 2.05) is 29.8 Å². The zero-order valence-electron chi connectivity index (χ0n) is 15.9. The number of nitrogens with one attached hydrogen (secondary N) is 1. The number of hydrogen-bond acceptors (Lipinski definition) is 3. The van der Waals surface area contributed by atoms with Crippen molar-refractivity contribution in [2.75, 3.05) is 5.32 Å². The molecule has 7 heteroatoms. The van der Waals surface area contributed by atoms with Gasteiger partial charge in [-0.05, 0) is 69.5 Å². The lowest BCUT2D eigenvalue weighted by molar-refractivity contribution is -0.115. The van der Waals surface area contributed by atoms with Crippen LogP contribution in [0, 0.1) is 5.82 Å². The Morgan fingerprint density at radius 3 is 2.48 bits per heavy atom. The summed E-state index contributed by atoms with van der Waals surface area (Å²) in [6.07, 6.45) is 3.84. The molecule has 1 aromatic carbocycles. The fraction of sp³-hybridized carbons (Fsp3) is 0.136. The highest BCUT2D eigenvalue weighted by Crippen LogP contribution is 2.41. The number of fused-ring (bicyclic) bond motifs is 1. The van der Waals surface area contributed by atoms with Gasteiger partial charge < -0.3 is 9.88 Å². The normalized spacial score (nSPS) is 11.0. The number of anilines is 1. The molecular formula is C22H18BrFN4O. The van der Waals surface area contributed by atoms with Crippen LogP contribution < -0.4 is 5.32 Å². The van der Waals surface area contributed by atoms with Crippen LogP contribution in [0.1, 0.15) is 13.3 Å². The number of carbonyl (C=O) groups excluding carboxylic acids is 1. The van der Waals surface area contributed by atoms with Crippen LogP contribution in [-0.2, 0) is 11.8 Å². The van der Waals surface area contributed by atoms with Gasteiger partial charge in [0.2, 0.25) is 5.91 Å². The molecule has 0 bridgehead atoms. The summed E-state index contributed by atoms with van der Waals surface area (Å²) in [5.74, 6) is 0.0696. The number of benzene rings is 1. The summed E-state index contributed by atoms with van der Waals surface area (Å²) in [6, 6.07) is 12.2. The molecule has 3 aromatic heterocycles. The summed E-state index contributed by atoms with van der Waals surface area (Å²) in [5.41, 5.74) is 4.44. The Hall–Kier alpha value is -3.06. The van der Waals surface area contributed by atoms with Crippen molar-refractivity contribution in [1.82, 2.24) is 14.5 Å². The Morgan fingerprint density at radius 1 is 1.14 bits per heavy atom. The minimum atomic E-state index is -0.289. The average Bonchev–Trinajstić information content (AvgIpc) is 3.01. The second kappa shape index (κ2) is 7.75. The number of pyridine rings is 2. The zero-order valence-corrected chi connectivity index (χ0v) is 17.5. The molecule has 29 heavy (non-hydrogen) atoms. The maximum absolute atomic E-state index is 13.5. The Balaban J connectivity index is 2.03. The van der Waals surface area contributed by atoms with E-state index in [1.165, 1.54) is 12.1 Å². The van der Waals surface area contributed by atoms with E-state index >= 15 is 0 Å². The van der Waals surface area contributed by atoms with Gasteiger partial charge in [-0.25, -0.2) is 9.37 Å². The number of halogens is 2. The molecule has 3 heterocycles. The molecular weight excluding hydrogens is 435 g/mol. The lowest BCUT2D eigenvalue weighted by Gasteiger charge is -2.08. The number of carbonyl (C=O) groups is 1. The maximum Gasteiger partial charge on any atom is 0.225 e. The monoisotopic (exact) mass is 452 g/mol. The minimum absolute atomic E-state index is 0.111. The fourth-order valence-corrected chi connectivity index (χ4v) is 3.80. The highest BCUT2D eigenvalue weighted by Gasteiger charge is 2.21. The first-order chi connectivity index (χ1) is 14.0. The summed E-state index contributed by atoms with van der Waals surface area (Å²) in [4.78, 5) is 20.7. The molecule has 0 spiro atoms. The van der Waals surface area contributed by atoms with Crippen LogP contribution in [0.3, 0.4) is 0 Å². The first kappa shape index (κ1) is 19.3. The second-order valence-corrected chi connectivity index (χ2v) is 7.47. The number of aromatic nitrogens is 3. The molecule has 1 amide bonds. The third-order valence-electron chi connectivity index (χ3n) is 4.78. The molecule has 0 radical (unpaired) electrons. The van der Waals surface area contributed by atoms with Gasteiger partial charge >= 0.3 is 0 Å². The summed E-state index contributed by atoms with van der Waals surface area (Å²) < 4.78 is 16.2. The van der Waals surface area contributed by atoms with Crippen molar-refractivity contribution >= 4 is 38.7 Å². The van der Waals surface area contributed by atoms with Gasteiger partial charge in [-0.3, -0.25) is 9.78 Å². The highest BCUT2D eigenvalue weighted by molar-refractivity contribution is 9.10. The van der Waals surface area contributed by atoms with Crippen LogP contribution in [0.2, 0.25) is 0 Å². The molecule has 146 valence electrons. The van der Waals surface area contributed by atoms with Crippen LogP contribution in [0.25, 0.3) is 33.4 Å². The topological polar surface area (TPSA) is 59.8 Å². The van der Waals surface area contributed by atoms with E-state index in [-0.39, 0.29) is 11.7 Å². The molecule has 4 aromatic rings. The van der Waals surface area contributed by atoms with Gasteiger partial charge in [-0.1, -0.05) is 6.92 Å². The Bertz CT molecular complexity index is 1200. The Morgan fingerprint density at radius 2 is 1.83 bits per heavy atom. The van der Waals surface area contributed by atoms with Crippen molar-refractivity contribution in [3.8, 4) is 22.4 Å². The lowest BCUT2D eigenvalue weighted by Crippen LogP contribution is -2.11. The van der Waals surface area contributed by atoms with Crippen LogP contribution in [0.5, 0.6) is 0 Å². The molecule has 0 aliphatic rings. The van der Waals surface area contributed by atoms with Crippen molar-refractivity contribution in [3.63, 3.8) is 0 Å².